The molecule has 0 aliphatic heterocycles. The van der Waals surface area contributed by atoms with Crippen LogP contribution in [-0.2, 0) is 11.3 Å². The van der Waals surface area contributed by atoms with E-state index >= 15 is 0 Å². The first-order valence-corrected chi connectivity index (χ1v) is 7.11. The van der Waals surface area contributed by atoms with Gasteiger partial charge in [0.05, 0.1) is 0 Å². The molecule has 1 fully saturated rings. The third kappa shape index (κ3) is 4.50. The number of halogens is 1. The number of aryl methyl sites for hydroxylation is 1. The van der Waals surface area contributed by atoms with E-state index in [1.54, 1.807) is 0 Å². The summed E-state index contributed by atoms with van der Waals surface area (Å²) < 4.78 is 0. The number of carbonyl (C=O) groups excluding carboxylic acids is 1. The van der Waals surface area contributed by atoms with E-state index in [9.17, 15) is 4.79 Å². The van der Waals surface area contributed by atoms with E-state index in [2.05, 4.69) is 31.2 Å². The van der Waals surface area contributed by atoms with E-state index in [4.69, 9.17) is 5.73 Å². The SMILES string of the molecule is Cc1ccc(CN(C)C(=O)C[C@@H]2CCC[C@H]2N)cc1.Cl. The van der Waals surface area contributed by atoms with Gasteiger partial charge in [-0.2, -0.15) is 0 Å². The maximum absolute atomic E-state index is 12.2. The van der Waals surface area contributed by atoms with Crippen LogP contribution in [-0.4, -0.2) is 23.9 Å². The normalized spacial score (nSPS) is 21.4. The van der Waals surface area contributed by atoms with E-state index < -0.39 is 0 Å². The summed E-state index contributed by atoms with van der Waals surface area (Å²) in [5, 5.41) is 0. The lowest BCUT2D eigenvalue weighted by molar-refractivity contribution is -0.131. The monoisotopic (exact) mass is 296 g/mol. The number of nitrogens with two attached hydrogens (primary N) is 1. The Morgan fingerprint density at radius 3 is 2.50 bits per heavy atom. The van der Waals surface area contributed by atoms with Crippen LogP contribution in [0.25, 0.3) is 0 Å². The molecular formula is C16H25ClN2O. The summed E-state index contributed by atoms with van der Waals surface area (Å²) in [6, 6.07) is 8.55. The van der Waals surface area contributed by atoms with Crippen molar-refractivity contribution in [3.63, 3.8) is 0 Å². The van der Waals surface area contributed by atoms with Gasteiger partial charge in [-0.3, -0.25) is 4.79 Å². The van der Waals surface area contributed by atoms with Crippen LogP contribution in [0.3, 0.4) is 0 Å². The highest BCUT2D eigenvalue weighted by molar-refractivity contribution is 5.85. The summed E-state index contributed by atoms with van der Waals surface area (Å²) in [5.41, 5.74) is 8.45. The highest BCUT2D eigenvalue weighted by atomic mass is 35.5. The molecule has 1 aromatic rings. The third-order valence-corrected chi connectivity index (χ3v) is 4.12. The lowest BCUT2D eigenvalue weighted by Crippen LogP contribution is -2.32. The molecule has 0 spiro atoms. The third-order valence-electron chi connectivity index (χ3n) is 4.12. The largest absolute Gasteiger partial charge is 0.341 e. The van der Waals surface area contributed by atoms with Crippen molar-refractivity contribution in [2.24, 2.45) is 11.7 Å². The molecule has 1 aromatic carbocycles. The second-order valence-electron chi connectivity index (χ2n) is 5.79. The molecule has 0 radical (unpaired) electrons. The number of rotatable bonds is 4. The molecule has 3 nitrogen and oxygen atoms in total. The summed E-state index contributed by atoms with van der Waals surface area (Å²) in [6.45, 7) is 2.75. The van der Waals surface area contributed by atoms with Crippen molar-refractivity contribution in [1.29, 1.82) is 0 Å². The molecule has 1 amide bonds. The van der Waals surface area contributed by atoms with E-state index in [0.717, 1.165) is 12.8 Å². The minimum absolute atomic E-state index is 0. The zero-order valence-corrected chi connectivity index (χ0v) is 13.2. The lowest BCUT2D eigenvalue weighted by Gasteiger charge is -2.21. The fraction of sp³-hybridized carbons (Fsp3) is 0.562. The topological polar surface area (TPSA) is 46.3 Å². The lowest BCUT2D eigenvalue weighted by atomic mass is 9.99. The molecule has 112 valence electrons. The van der Waals surface area contributed by atoms with Crippen LogP contribution >= 0.6 is 12.4 Å². The molecule has 1 aliphatic carbocycles. The average molecular weight is 297 g/mol. The molecule has 1 saturated carbocycles. The maximum atomic E-state index is 12.2. The van der Waals surface area contributed by atoms with Crippen LogP contribution in [0, 0.1) is 12.8 Å². The zero-order chi connectivity index (χ0) is 13.8. The summed E-state index contributed by atoms with van der Waals surface area (Å²) in [5.74, 6) is 0.593. The van der Waals surface area contributed by atoms with Gasteiger partial charge >= 0.3 is 0 Å². The molecule has 0 unspecified atom stereocenters. The van der Waals surface area contributed by atoms with Gasteiger partial charge in [0.2, 0.25) is 5.91 Å². The maximum Gasteiger partial charge on any atom is 0.222 e. The molecule has 20 heavy (non-hydrogen) atoms. The number of hydrogen-bond donors (Lipinski definition) is 1. The van der Waals surface area contributed by atoms with Crippen molar-refractivity contribution in [3.05, 3.63) is 35.4 Å². The first-order chi connectivity index (χ1) is 9.06. The first kappa shape index (κ1) is 17.0. The number of carbonyl (C=O) groups is 1. The van der Waals surface area contributed by atoms with Crippen LogP contribution in [0.4, 0.5) is 0 Å². The van der Waals surface area contributed by atoms with E-state index in [1.165, 1.54) is 17.5 Å². The average Bonchev–Trinajstić information content (AvgIpc) is 2.78. The van der Waals surface area contributed by atoms with Gasteiger partial charge in [-0.25, -0.2) is 0 Å². The van der Waals surface area contributed by atoms with Crippen molar-refractivity contribution >= 4 is 18.3 Å². The molecule has 2 N–H and O–H groups in total. The van der Waals surface area contributed by atoms with Crippen LogP contribution < -0.4 is 5.73 Å². The Labute approximate surface area is 127 Å². The van der Waals surface area contributed by atoms with Gasteiger partial charge in [0.25, 0.3) is 0 Å². The Kier molecular flexibility index (Phi) is 6.50. The Morgan fingerprint density at radius 2 is 1.95 bits per heavy atom. The quantitative estimate of drug-likeness (QED) is 0.928. The molecule has 0 heterocycles. The van der Waals surface area contributed by atoms with Crippen LogP contribution in [0.2, 0.25) is 0 Å². The summed E-state index contributed by atoms with van der Waals surface area (Å²) >= 11 is 0. The minimum atomic E-state index is 0. The standard InChI is InChI=1S/C16H24N2O.ClH/c1-12-6-8-13(9-7-12)11-18(2)16(19)10-14-4-3-5-15(14)17;/h6-9,14-15H,3-5,10-11,17H2,1-2H3;1H/t14-,15+;/m0./s1. The molecule has 2 atom stereocenters. The fourth-order valence-electron chi connectivity index (χ4n) is 2.75. The summed E-state index contributed by atoms with van der Waals surface area (Å²) in [7, 11) is 1.88. The van der Waals surface area contributed by atoms with Gasteiger partial charge in [0.15, 0.2) is 0 Å². The van der Waals surface area contributed by atoms with E-state index in [0.29, 0.717) is 18.9 Å². The van der Waals surface area contributed by atoms with Crippen LogP contribution in [0.15, 0.2) is 24.3 Å². The zero-order valence-electron chi connectivity index (χ0n) is 12.3. The highest BCUT2D eigenvalue weighted by Crippen LogP contribution is 2.27. The molecule has 0 saturated heterocycles. The van der Waals surface area contributed by atoms with Crippen molar-refractivity contribution in [3.8, 4) is 0 Å². The van der Waals surface area contributed by atoms with Crippen molar-refractivity contribution in [2.75, 3.05) is 7.05 Å². The summed E-state index contributed by atoms with van der Waals surface area (Å²) in [6.07, 6.45) is 3.94. The van der Waals surface area contributed by atoms with Crippen molar-refractivity contribution in [1.82, 2.24) is 4.90 Å². The predicted octanol–water partition coefficient (Wildman–Crippen LogP) is 2.89. The first-order valence-electron chi connectivity index (χ1n) is 7.11. The molecule has 1 aliphatic rings. The van der Waals surface area contributed by atoms with Gasteiger partial charge in [-0.05, 0) is 31.2 Å². The second kappa shape index (κ2) is 7.65. The fourth-order valence-corrected chi connectivity index (χ4v) is 2.75. The van der Waals surface area contributed by atoms with E-state index in [1.807, 2.05) is 11.9 Å². The number of amides is 1. The van der Waals surface area contributed by atoms with Gasteiger partial charge in [0, 0.05) is 26.1 Å². The van der Waals surface area contributed by atoms with Gasteiger partial charge in [-0.15, -0.1) is 12.4 Å². The van der Waals surface area contributed by atoms with Gasteiger partial charge in [0.1, 0.15) is 0 Å². The van der Waals surface area contributed by atoms with Crippen molar-refractivity contribution in [2.45, 2.75) is 45.2 Å². The Hall–Kier alpha value is -1.06. The van der Waals surface area contributed by atoms with Gasteiger partial charge < -0.3 is 10.6 Å². The highest BCUT2D eigenvalue weighted by Gasteiger charge is 2.27. The van der Waals surface area contributed by atoms with Gasteiger partial charge in [-0.1, -0.05) is 36.2 Å². The van der Waals surface area contributed by atoms with Crippen molar-refractivity contribution < 1.29 is 4.79 Å². The van der Waals surface area contributed by atoms with Crippen LogP contribution in [0.5, 0.6) is 0 Å². The molecular weight excluding hydrogens is 272 g/mol. The second-order valence-corrected chi connectivity index (χ2v) is 5.79. The molecule has 0 aromatic heterocycles. The predicted molar refractivity (Wildman–Crippen MR) is 84.8 cm³/mol. The Bertz CT molecular complexity index is 433. The molecule has 0 bridgehead atoms. The Morgan fingerprint density at radius 1 is 1.30 bits per heavy atom. The number of benzene rings is 1. The minimum Gasteiger partial charge on any atom is -0.341 e. The smallest absolute Gasteiger partial charge is 0.222 e. The number of hydrogen-bond acceptors (Lipinski definition) is 2. The Balaban J connectivity index is 0.00000200. The molecule has 4 heteroatoms. The molecule has 2 rings (SSSR count). The summed E-state index contributed by atoms with van der Waals surface area (Å²) in [4.78, 5) is 14.0. The number of nitrogens with zero attached hydrogens (tertiary/aromatic N) is 1. The van der Waals surface area contributed by atoms with E-state index in [-0.39, 0.29) is 24.4 Å². The van der Waals surface area contributed by atoms with Crippen LogP contribution in [0.1, 0.15) is 36.8 Å².